The van der Waals surface area contributed by atoms with Crippen LogP contribution in [0.2, 0.25) is 0 Å². The zero-order valence-corrected chi connectivity index (χ0v) is 15.0. The van der Waals surface area contributed by atoms with Gasteiger partial charge in [0.2, 0.25) is 0 Å². The highest BCUT2D eigenvalue weighted by atomic mass is 35.5. The van der Waals surface area contributed by atoms with E-state index in [1.54, 1.807) is 13.0 Å². The second-order valence-electron chi connectivity index (χ2n) is 6.43. The highest BCUT2D eigenvalue weighted by Crippen LogP contribution is 2.30. The van der Waals surface area contributed by atoms with E-state index >= 15 is 0 Å². The molecule has 0 atom stereocenters. The molecule has 0 aliphatic rings. The lowest BCUT2D eigenvalue weighted by atomic mass is 9.94. The zero-order chi connectivity index (χ0) is 17.0. The highest BCUT2D eigenvalue weighted by Gasteiger charge is 2.21. The van der Waals surface area contributed by atoms with Crippen LogP contribution in [-0.4, -0.2) is 28.1 Å². The number of carbonyl (C=O) groups is 1. The summed E-state index contributed by atoms with van der Waals surface area (Å²) in [6.07, 6.45) is 0.806. The van der Waals surface area contributed by atoms with Gasteiger partial charge >= 0.3 is 0 Å². The number of hydrogen-bond donors (Lipinski definition) is 3. The Morgan fingerprint density at radius 2 is 1.71 bits per heavy atom. The molecule has 0 aliphatic carbocycles. The van der Waals surface area contributed by atoms with Gasteiger partial charge in [-0.2, -0.15) is 0 Å². The van der Waals surface area contributed by atoms with Gasteiger partial charge in [0.05, 0.1) is 6.54 Å². The number of benzene rings is 2. The first kappa shape index (κ1) is 20.0. The smallest absolute Gasteiger partial charge is 0.177 e. The van der Waals surface area contributed by atoms with Crippen molar-refractivity contribution in [3.8, 4) is 11.5 Å². The maximum Gasteiger partial charge on any atom is 0.177 e. The van der Waals surface area contributed by atoms with E-state index in [0.29, 0.717) is 11.1 Å². The van der Waals surface area contributed by atoms with Crippen LogP contribution in [0, 0.1) is 6.92 Å². The molecule has 0 saturated carbocycles. The predicted molar refractivity (Wildman–Crippen MR) is 98.3 cm³/mol. The van der Waals surface area contributed by atoms with E-state index in [9.17, 15) is 15.0 Å². The van der Waals surface area contributed by atoms with Crippen LogP contribution >= 0.6 is 12.4 Å². The molecule has 0 bridgehead atoms. The van der Waals surface area contributed by atoms with Crippen LogP contribution in [0.1, 0.15) is 35.3 Å². The molecule has 5 heteroatoms. The molecule has 24 heavy (non-hydrogen) atoms. The van der Waals surface area contributed by atoms with Gasteiger partial charge in [-0.25, -0.2) is 0 Å². The summed E-state index contributed by atoms with van der Waals surface area (Å²) in [5, 5.41) is 22.5. The molecule has 0 radical (unpaired) electrons. The van der Waals surface area contributed by atoms with Crippen LogP contribution in [0.15, 0.2) is 42.5 Å². The average Bonchev–Trinajstić information content (AvgIpc) is 2.51. The number of halogens is 1. The van der Waals surface area contributed by atoms with Gasteiger partial charge in [-0.05, 0) is 44.9 Å². The first-order chi connectivity index (χ1) is 10.8. The largest absolute Gasteiger partial charge is 0.504 e. The van der Waals surface area contributed by atoms with Gasteiger partial charge in [0, 0.05) is 16.7 Å². The van der Waals surface area contributed by atoms with Crippen molar-refractivity contribution in [3.63, 3.8) is 0 Å². The molecule has 0 heterocycles. The summed E-state index contributed by atoms with van der Waals surface area (Å²) in [5.74, 6) is -0.560. The SMILES string of the molecule is Cc1c(C(=O)CNC(C)(C)Cc2ccccc2)ccc(O)c1O.Cl. The van der Waals surface area contributed by atoms with Crippen molar-refractivity contribution < 1.29 is 15.0 Å². The van der Waals surface area contributed by atoms with Crippen molar-refractivity contribution >= 4 is 18.2 Å². The topological polar surface area (TPSA) is 69.6 Å². The van der Waals surface area contributed by atoms with Crippen molar-refractivity contribution in [2.24, 2.45) is 0 Å². The fourth-order valence-electron chi connectivity index (χ4n) is 2.57. The summed E-state index contributed by atoms with van der Waals surface area (Å²) in [5.41, 5.74) is 1.79. The van der Waals surface area contributed by atoms with Gasteiger partial charge in [0.1, 0.15) is 0 Å². The van der Waals surface area contributed by atoms with Crippen LogP contribution in [0.3, 0.4) is 0 Å². The third-order valence-corrected chi connectivity index (χ3v) is 3.93. The summed E-state index contributed by atoms with van der Waals surface area (Å²) in [6, 6.07) is 13.0. The summed E-state index contributed by atoms with van der Waals surface area (Å²) in [6.45, 7) is 5.89. The van der Waals surface area contributed by atoms with Crippen molar-refractivity contribution in [3.05, 3.63) is 59.2 Å². The number of carbonyl (C=O) groups excluding carboxylic acids is 1. The van der Waals surface area contributed by atoms with Gasteiger partial charge in [0.25, 0.3) is 0 Å². The molecule has 0 aromatic heterocycles. The van der Waals surface area contributed by atoms with Crippen molar-refractivity contribution in [2.45, 2.75) is 32.7 Å². The number of phenols is 2. The monoisotopic (exact) mass is 349 g/mol. The Kier molecular flexibility index (Phi) is 6.81. The number of rotatable bonds is 6. The maximum atomic E-state index is 12.4. The van der Waals surface area contributed by atoms with E-state index in [1.165, 1.54) is 11.6 Å². The first-order valence-electron chi connectivity index (χ1n) is 7.64. The van der Waals surface area contributed by atoms with E-state index in [1.807, 2.05) is 18.2 Å². The van der Waals surface area contributed by atoms with E-state index < -0.39 is 0 Å². The van der Waals surface area contributed by atoms with Crippen molar-refractivity contribution in [2.75, 3.05) is 6.54 Å². The average molecular weight is 350 g/mol. The van der Waals surface area contributed by atoms with Crippen LogP contribution in [-0.2, 0) is 6.42 Å². The van der Waals surface area contributed by atoms with Crippen LogP contribution < -0.4 is 5.32 Å². The number of phenolic OH excluding ortho intramolecular Hbond substituents is 2. The molecular weight excluding hydrogens is 326 g/mol. The molecule has 2 rings (SSSR count). The lowest BCUT2D eigenvalue weighted by molar-refractivity contribution is 0.0979. The molecule has 0 aliphatic heterocycles. The lowest BCUT2D eigenvalue weighted by Crippen LogP contribution is -2.44. The van der Waals surface area contributed by atoms with Gasteiger partial charge in [-0.15, -0.1) is 12.4 Å². The molecule has 2 aromatic rings. The summed E-state index contributed by atoms with van der Waals surface area (Å²) in [7, 11) is 0. The number of hydrogen-bond acceptors (Lipinski definition) is 4. The summed E-state index contributed by atoms with van der Waals surface area (Å²) < 4.78 is 0. The van der Waals surface area contributed by atoms with E-state index in [0.717, 1.165) is 6.42 Å². The third kappa shape index (κ3) is 4.98. The quantitative estimate of drug-likeness (QED) is 0.550. The van der Waals surface area contributed by atoms with Crippen LogP contribution in [0.4, 0.5) is 0 Å². The van der Waals surface area contributed by atoms with Gasteiger partial charge in [-0.3, -0.25) is 4.79 Å². The summed E-state index contributed by atoms with van der Waals surface area (Å²) >= 11 is 0. The zero-order valence-electron chi connectivity index (χ0n) is 14.2. The fraction of sp³-hybridized carbons (Fsp3) is 0.316. The standard InChI is InChI=1S/C19H23NO3.ClH/c1-13-15(9-10-16(21)18(13)23)17(22)12-20-19(2,3)11-14-7-5-4-6-8-14;/h4-10,20-21,23H,11-12H2,1-3H3;1H. The van der Waals surface area contributed by atoms with Gasteiger partial charge in [-0.1, -0.05) is 30.3 Å². The minimum absolute atomic E-state index is 0. The molecular formula is C19H24ClNO3. The number of Topliss-reactive ketones (excluding diaryl/α,β-unsaturated/α-hetero) is 1. The minimum atomic E-state index is -0.237. The molecule has 130 valence electrons. The highest BCUT2D eigenvalue weighted by molar-refractivity contribution is 5.99. The van der Waals surface area contributed by atoms with E-state index in [2.05, 4.69) is 31.3 Å². The Labute approximate surface area is 148 Å². The molecule has 2 aromatic carbocycles. The molecule has 0 saturated heterocycles. The van der Waals surface area contributed by atoms with Crippen LogP contribution in [0.25, 0.3) is 0 Å². The van der Waals surface area contributed by atoms with Gasteiger partial charge < -0.3 is 15.5 Å². The first-order valence-corrected chi connectivity index (χ1v) is 7.64. The Hall–Kier alpha value is -2.04. The summed E-state index contributed by atoms with van der Waals surface area (Å²) in [4.78, 5) is 12.4. The Balaban J connectivity index is 0.00000288. The maximum absolute atomic E-state index is 12.4. The van der Waals surface area contributed by atoms with Crippen molar-refractivity contribution in [1.29, 1.82) is 0 Å². The third-order valence-electron chi connectivity index (χ3n) is 3.93. The van der Waals surface area contributed by atoms with Crippen LogP contribution in [0.5, 0.6) is 11.5 Å². The van der Waals surface area contributed by atoms with Gasteiger partial charge in [0.15, 0.2) is 17.3 Å². The van der Waals surface area contributed by atoms with Crippen molar-refractivity contribution in [1.82, 2.24) is 5.32 Å². The number of aromatic hydroxyl groups is 2. The van der Waals surface area contributed by atoms with E-state index in [4.69, 9.17) is 0 Å². The Morgan fingerprint density at radius 1 is 1.08 bits per heavy atom. The molecule has 0 fully saturated rings. The minimum Gasteiger partial charge on any atom is -0.504 e. The lowest BCUT2D eigenvalue weighted by Gasteiger charge is -2.26. The van der Waals surface area contributed by atoms with E-state index in [-0.39, 0.29) is 41.8 Å². The normalized spacial score (nSPS) is 11.0. The Bertz CT molecular complexity index is 699. The fourth-order valence-corrected chi connectivity index (χ4v) is 2.57. The molecule has 3 N–H and O–H groups in total. The number of nitrogens with one attached hydrogen (secondary N) is 1. The second-order valence-corrected chi connectivity index (χ2v) is 6.43. The molecule has 0 spiro atoms. The molecule has 4 nitrogen and oxygen atoms in total. The number of ketones is 1. The molecule has 0 amide bonds. The second kappa shape index (κ2) is 8.18. The Morgan fingerprint density at radius 3 is 2.33 bits per heavy atom. The predicted octanol–water partition coefficient (Wildman–Crippen LogP) is 3.62. The molecule has 0 unspecified atom stereocenters.